The van der Waals surface area contributed by atoms with E-state index in [1.54, 1.807) is 85.6 Å². The number of hydrogen-bond donors (Lipinski definition) is 10. The summed E-state index contributed by atoms with van der Waals surface area (Å²) < 4.78 is 63.4. The van der Waals surface area contributed by atoms with E-state index in [4.69, 9.17) is 49.7 Å². The second kappa shape index (κ2) is 47.6. The Labute approximate surface area is 709 Å². The number of primary amides is 1. The zero-order valence-electron chi connectivity index (χ0n) is 70.3. The van der Waals surface area contributed by atoms with Crippen LogP contribution in [-0.2, 0) is 34.0 Å². The molecule has 650 valence electrons. The van der Waals surface area contributed by atoms with Gasteiger partial charge in [-0.2, -0.15) is 53.5 Å². The van der Waals surface area contributed by atoms with Crippen molar-refractivity contribution in [1.82, 2.24) is 59.8 Å². The lowest BCUT2D eigenvalue weighted by Crippen LogP contribution is -2.35. The van der Waals surface area contributed by atoms with Crippen molar-refractivity contribution in [2.75, 3.05) is 85.6 Å². The summed E-state index contributed by atoms with van der Waals surface area (Å²) in [6, 6.07) is 30.5. The second-order valence-corrected chi connectivity index (χ2v) is 27.6. The number of anilines is 8. The number of alkyl halides is 3. The summed E-state index contributed by atoms with van der Waals surface area (Å²) in [4.78, 5) is 86.0. The largest absolute Gasteiger partial charge is 0.497 e. The van der Waals surface area contributed by atoms with E-state index in [0.717, 1.165) is 139 Å². The van der Waals surface area contributed by atoms with E-state index in [9.17, 15) is 27.9 Å². The predicted molar refractivity (Wildman–Crippen MR) is 472 cm³/mol. The van der Waals surface area contributed by atoms with Crippen LogP contribution in [0, 0.1) is 0 Å². The van der Waals surface area contributed by atoms with Gasteiger partial charge in [-0.05, 0) is 111 Å². The molecule has 3 aromatic carbocycles. The second-order valence-electron chi connectivity index (χ2n) is 27.6. The molecule has 0 bridgehead atoms. The van der Waals surface area contributed by atoms with Crippen LogP contribution in [0.5, 0.6) is 34.5 Å². The van der Waals surface area contributed by atoms with E-state index in [-0.39, 0.29) is 18.0 Å². The molecule has 0 unspecified atom stereocenters. The molecule has 0 saturated heterocycles. The molecular formula is C85H104F3N25O10. The van der Waals surface area contributed by atoms with Gasteiger partial charge in [0.15, 0.2) is 23.3 Å². The lowest BCUT2D eigenvalue weighted by molar-refractivity contribution is -0.156. The van der Waals surface area contributed by atoms with Crippen molar-refractivity contribution in [3.8, 4) is 34.5 Å². The van der Waals surface area contributed by atoms with E-state index in [1.165, 1.54) is 0 Å². The Morgan fingerprint density at radius 2 is 0.780 bits per heavy atom. The minimum atomic E-state index is -4.64. The van der Waals surface area contributed by atoms with Crippen LogP contribution in [-0.4, -0.2) is 180 Å². The number of aromatic nitrogens is 12. The Morgan fingerprint density at radius 3 is 1.09 bits per heavy atom. The number of aldehydes is 1. The average Bonchev–Trinajstić information content (AvgIpc) is 1.71. The van der Waals surface area contributed by atoms with Crippen molar-refractivity contribution >= 4 is 133 Å². The zero-order valence-corrected chi connectivity index (χ0v) is 70.3. The number of nitrogens with one attached hydrogen (secondary N) is 7. The molecule has 2 aliphatic heterocycles. The molecule has 2 aliphatic rings. The fourth-order valence-electron chi connectivity index (χ4n) is 12.5. The first kappa shape index (κ1) is 92.8. The van der Waals surface area contributed by atoms with E-state index in [2.05, 4.69) is 133 Å². The number of aliphatic carboxylic acids is 1. The number of nitrogens with zero attached hydrogens (tertiary/aromatic N) is 16. The third-order valence-corrected chi connectivity index (χ3v) is 19.0. The summed E-state index contributed by atoms with van der Waals surface area (Å²) >= 11 is 0. The number of rotatable bonds is 39. The fourth-order valence-corrected chi connectivity index (χ4v) is 12.5. The topological polar surface area (TPSA) is 467 Å². The zero-order chi connectivity index (χ0) is 88.1. The summed E-state index contributed by atoms with van der Waals surface area (Å²) in [5.74, 6) is 6.62. The first-order valence-corrected chi connectivity index (χ1v) is 40.0. The maximum atomic E-state index is 11.9. The number of carboxylic acid groups (broad SMARTS) is 1. The van der Waals surface area contributed by atoms with Gasteiger partial charge in [-0.25, -0.2) is 24.7 Å². The van der Waals surface area contributed by atoms with Crippen molar-refractivity contribution in [2.45, 2.75) is 168 Å². The van der Waals surface area contributed by atoms with E-state index in [0.29, 0.717) is 119 Å². The molecule has 13 rings (SSSR count). The number of benzene rings is 3. The third kappa shape index (κ3) is 27.7. The number of amides is 1. The van der Waals surface area contributed by atoms with Gasteiger partial charge in [0.05, 0.1) is 88.2 Å². The van der Waals surface area contributed by atoms with Crippen molar-refractivity contribution < 1.29 is 61.1 Å². The summed E-state index contributed by atoms with van der Waals surface area (Å²) in [5.41, 5.74) is 21.6. The fraction of sp³-hybridized carbons (Fsp3) is 0.376. The maximum Gasteiger partial charge on any atom is 0.446 e. The molecule has 0 saturated carbocycles. The predicted octanol–water partition coefficient (Wildman–Crippen LogP) is 14.4. The number of carboxylic acids is 1. The van der Waals surface area contributed by atoms with Crippen LogP contribution in [0.1, 0.15) is 134 Å². The first-order chi connectivity index (χ1) is 59.6. The third-order valence-electron chi connectivity index (χ3n) is 19.0. The van der Waals surface area contributed by atoms with Crippen LogP contribution in [0.15, 0.2) is 148 Å². The molecule has 1 amide bonds. The van der Waals surface area contributed by atoms with Crippen molar-refractivity contribution in [1.29, 1.82) is 0 Å². The molecule has 11 aromatic rings. The molecule has 8 aromatic heterocycles. The van der Waals surface area contributed by atoms with Crippen LogP contribution in [0.3, 0.4) is 0 Å². The van der Waals surface area contributed by atoms with Gasteiger partial charge in [0.25, 0.3) is 0 Å². The first-order valence-electron chi connectivity index (χ1n) is 40.0. The number of carbonyl (C=O) groups excluding carboxylic acids is 2. The van der Waals surface area contributed by atoms with Crippen LogP contribution < -0.4 is 77.1 Å². The SMILES string of the molecule is CCCC[C@@H](Nc1nc(N)nc2cccnc12)C1=NN=CC1.CCCC[C@@H](Nc1nc(NCc2ccc(OC)cc2OC)nc2cccnc12)C(=O)O.CCCC[C@@H](Nc1nc(NCc2ccc(OC)cc2OC)nc2cccnc12)C(N)=O.CCCC[C@@H](Nc1nc(NCc2ccc(OC)cc2OC)nc2cccnc12)C1=NN=CC1.O=CC(F)(F)F. The molecule has 35 nitrogen and oxygen atoms in total. The van der Waals surface area contributed by atoms with Crippen molar-refractivity contribution in [2.24, 2.45) is 26.1 Å². The number of unbranched alkanes of at least 4 members (excludes halogenated alkanes) is 4. The summed E-state index contributed by atoms with van der Waals surface area (Å²) in [7, 11) is 9.69. The molecule has 10 heterocycles. The lowest BCUT2D eigenvalue weighted by Gasteiger charge is -2.20. The summed E-state index contributed by atoms with van der Waals surface area (Å²) in [6.45, 7) is 9.79. The van der Waals surface area contributed by atoms with Crippen LogP contribution in [0.2, 0.25) is 0 Å². The molecule has 0 radical (unpaired) electrons. The number of fused-ring (bicyclic) bond motifs is 4. The van der Waals surface area contributed by atoms with Crippen LogP contribution in [0.4, 0.5) is 60.2 Å². The highest BCUT2D eigenvalue weighted by molar-refractivity contribution is 6.04. The molecular weight excluding hydrogens is 1590 g/mol. The van der Waals surface area contributed by atoms with Gasteiger partial charge in [-0.15, -0.1) is 0 Å². The molecule has 0 spiro atoms. The number of nitrogen functional groups attached to an aromatic ring is 1. The van der Waals surface area contributed by atoms with Crippen LogP contribution in [0.25, 0.3) is 44.1 Å². The van der Waals surface area contributed by atoms with E-state index < -0.39 is 36.4 Å². The molecule has 0 aliphatic carbocycles. The minimum Gasteiger partial charge on any atom is -0.497 e. The summed E-state index contributed by atoms with van der Waals surface area (Å²) in [6.07, 6.45) is 17.2. The monoisotopic (exact) mass is 1690 g/mol. The van der Waals surface area contributed by atoms with Crippen LogP contribution >= 0.6 is 0 Å². The number of ether oxygens (including phenoxy) is 6. The molecule has 123 heavy (non-hydrogen) atoms. The number of carbonyl (C=O) groups is 3. The Bertz CT molecular complexity index is 5270. The van der Waals surface area contributed by atoms with E-state index in [1.807, 2.05) is 104 Å². The number of pyridine rings is 4. The smallest absolute Gasteiger partial charge is 0.446 e. The minimum absolute atomic E-state index is 0.0436. The molecule has 38 heteroatoms. The van der Waals surface area contributed by atoms with Gasteiger partial charge < -0.3 is 82.2 Å². The van der Waals surface area contributed by atoms with Gasteiger partial charge in [-0.1, -0.05) is 79.1 Å². The normalized spacial score (nSPS) is 12.8. The maximum absolute atomic E-state index is 11.9. The Kier molecular flexibility index (Phi) is 35.9. The van der Waals surface area contributed by atoms with Gasteiger partial charge in [-0.3, -0.25) is 29.5 Å². The highest BCUT2D eigenvalue weighted by Gasteiger charge is 2.27. The van der Waals surface area contributed by atoms with Gasteiger partial charge in [0, 0.05) is 105 Å². The lowest BCUT2D eigenvalue weighted by atomic mass is 10.0. The Hall–Kier alpha value is -14.1. The van der Waals surface area contributed by atoms with Gasteiger partial charge in [0.2, 0.25) is 36.0 Å². The quantitative estimate of drug-likeness (QED) is 0.0160. The van der Waals surface area contributed by atoms with Crippen molar-refractivity contribution in [3.05, 3.63) is 145 Å². The molecule has 12 N–H and O–H groups in total. The van der Waals surface area contributed by atoms with E-state index >= 15 is 0 Å². The Balaban J connectivity index is 0.000000183. The van der Waals surface area contributed by atoms with Crippen molar-refractivity contribution in [3.63, 3.8) is 0 Å². The number of hydrogen-bond acceptors (Lipinski definition) is 33. The number of methoxy groups -OCH3 is 6. The highest BCUT2D eigenvalue weighted by atomic mass is 19.4. The summed E-state index contributed by atoms with van der Waals surface area (Å²) in [5, 5.41) is 49.1. The van der Waals surface area contributed by atoms with Gasteiger partial charge in [0.1, 0.15) is 68.6 Å². The Morgan fingerprint density at radius 1 is 0.455 bits per heavy atom. The highest BCUT2D eigenvalue weighted by Crippen LogP contribution is 2.32. The molecule has 4 atom stereocenters. The van der Waals surface area contributed by atoms with Gasteiger partial charge >= 0.3 is 12.1 Å². The number of nitrogens with two attached hydrogens (primary N) is 2. The molecule has 0 fully saturated rings. The average molecular weight is 1690 g/mol. The standard InChI is InChI=1S/C24H29N7O2.C22H28N6O3.C22H27N5O4.C15H19N7.C2HF3O/c1-4-5-7-18(19-11-13-27-31-19)28-23-22-20(8-6-12-25-22)29-24(30-23)26-15-16-9-10-17(32-2)14-21(16)33-3;1-4-5-7-17(20(23)29)26-21-19-16(8-6-11-24-19)27-22(28-21)25-13-14-9-10-15(30-2)12-18(14)31-3;1-4-5-7-17(21(28)29)25-20-19-16(8-6-11-23-19)26-22(27-20)24-13-14-9-10-15(30-2)12-18(14)31-3;1-2-3-5-10(11-7-9-18-22-11)19-14-13-12(6-4-8-17-13)20-15(16)21-14;3-2(4,5)1-6/h6,8-10,12-14,18H,4-5,7,11,15H2,1-3H3,(H2,26,28,29,30);6,8-12,17H,4-5,7,13H2,1-3H3,(H2,23,29)(H2,25,26,27,28);6,8-12,17H,4-5,7,13H2,1-3H3,(H,28,29)(H2,24,25,26,27);4,6,8-10H,2-3,5,7H2,1H3,(H3,16,19,20,21);1H/t18-;2*17-;10-;/m1111./s1. The number of halogens is 3.